The van der Waals surface area contributed by atoms with Crippen LogP contribution in [-0.4, -0.2) is 27.3 Å². The standard InChI is InChI=1S/C13H17N3O.ClH/c14-12(9-17)6-13-7-15-10-16(13)8-11-4-2-1-3-5-11;/h1-5,7,10,12,17H,6,8-9,14H2;1H. The molecule has 2 aromatic rings. The lowest BCUT2D eigenvalue weighted by Gasteiger charge is -2.11. The van der Waals surface area contributed by atoms with Crippen molar-refractivity contribution < 1.29 is 5.11 Å². The van der Waals surface area contributed by atoms with E-state index in [1.807, 2.05) is 18.2 Å². The van der Waals surface area contributed by atoms with Crippen LogP contribution in [0.1, 0.15) is 11.3 Å². The molecule has 0 aliphatic carbocycles. The number of halogens is 1. The first kappa shape index (κ1) is 14.7. The van der Waals surface area contributed by atoms with Gasteiger partial charge in [0.15, 0.2) is 0 Å². The van der Waals surface area contributed by atoms with Crippen molar-refractivity contribution in [3.05, 3.63) is 54.1 Å². The minimum absolute atomic E-state index is 0. The van der Waals surface area contributed by atoms with Gasteiger partial charge in [-0.05, 0) is 5.56 Å². The van der Waals surface area contributed by atoms with Crippen LogP contribution in [0.25, 0.3) is 0 Å². The number of benzene rings is 1. The smallest absolute Gasteiger partial charge is 0.0951 e. The van der Waals surface area contributed by atoms with Crippen LogP contribution < -0.4 is 5.73 Å². The quantitative estimate of drug-likeness (QED) is 0.856. The third kappa shape index (κ3) is 3.84. The molecule has 0 bridgehead atoms. The maximum absolute atomic E-state index is 8.96. The Morgan fingerprint density at radius 3 is 2.67 bits per heavy atom. The monoisotopic (exact) mass is 267 g/mol. The highest BCUT2D eigenvalue weighted by Crippen LogP contribution is 2.07. The van der Waals surface area contributed by atoms with E-state index in [0.29, 0.717) is 6.42 Å². The second kappa shape index (κ2) is 7.16. The minimum atomic E-state index is -0.221. The molecule has 1 heterocycles. The zero-order valence-electron chi connectivity index (χ0n) is 10.1. The number of nitrogens with zero attached hydrogens (tertiary/aromatic N) is 2. The summed E-state index contributed by atoms with van der Waals surface area (Å²) in [7, 11) is 0. The summed E-state index contributed by atoms with van der Waals surface area (Å²) in [5.41, 5.74) is 8.01. The fourth-order valence-corrected chi connectivity index (χ4v) is 1.77. The van der Waals surface area contributed by atoms with E-state index in [9.17, 15) is 0 Å². The summed E-state index contributed by atoms with van der Waals surface area (Å²) >= 11 is 0. The van der Waals surface area contributed by atoms with Gasteiger partial charge in [-0.1, -0.05) is 30.3 Å². The van der Waals surface area contributed by atoms with Gasteiger partial charge in [-0.3, -0.25) is 0 Å². The second-order valence-electron chi connectivity index (χ2n) is 4.15. The van der Waals surface area contributed by atoms with Gasteiger partial charge in [-0.15, -0.1) is 12.4 Å². The normalized spacial score (nSPS) is 11.9. The van der Waals surface area contributed by atoms with Gasteiger partial charge in [0.25, 0.3) is 0 Å². The first-order valence-corrected chi connectivity index (χ1v) is 5.69. The summed E-state index contributed by atoms with van der Waals surface area (Å²) in [5.74, 6) is 0. The van der Waals surface area contributed by atoms with E-state index in [0.717, 1.165) is 12.2 Å². The largest absolute Gasteiger partial charge is 0.395 e. The Morgan fingerprint density at radius 2 is 2.00 bits per heavy atom. The molecule has 0 saturated heterocycles. The number of imidazole rings is 1. The van der Waals surface area contributed by atoms with Gasteiger partial charge in [0.2, 0.25) is 0 Å². The van der Waals surface area contributed by atoms with Crippen LogP contribution in [0.2, 0.25) is 0 Å². The van der Waals surface area contributed by atoms with E-state index in [-0.39, 0.29) is 25.1 Å². The summed E-state index contributed by atoms with van der Waals surface area (Å²) in [6, 6.07) is 9.98. The SMILES string of the molecule is Cl.NC(CO)Cc1cncn1Cc1ccccc1. The maximum atomic E-state index is 8.96. The number of aromatic nitrogens is 2. The molecule has 0 radical (unpaired) electrons. The van der Waals surface area contributed by atoms with Crippen LogP contribution in [0.15, 0.2) is 42.9 Å². The molecule has 3 N–H and O–H groups in total. The van der Waals surface area contributed by atoms with Crippen molar-refractivity contribution in [2.45, 2.75) is 19.0 Å². The molecule has 1 aromatic carbocycles. The molecule has 0 aliphatic rings. The lowest BCUT2D eigenvalue weighted by atomic mass is 10.2. The topological polar surface area (TPSA) is 64.1 Å². The number of rotatable bonds is 5. The van der Waals surface area contributed by atoms with Gasteiger partial charge in [0.1, 0.15) is 0 Å². The molecule has 98 valence electrons. The Kier molecular flexibility index (Phi) is 5.85. The van der Waals surface area contributed by atoms with Gasteiger partial charge in [-0.25, -0.2) is 4.98 Å². The maximum Gasteiger partial charge on any atom is 0.0951 e. The highest BCUT2D eigenvalue weighted by atomic mass is 35.5. The van der Waals surface area contributed by atoms with Crippen LogP contribution >= 0.6 is 12.4 Å². The number of hydrogen-bond donors (Lipinski definition) is 2. The Bertz CT molecular complexity index is 458. The molecule has 0 fully saturated rings. The summed E-state index contributed by atoms with van der Waals surface area (Å²) < 4.78 is 2.06. The number of hydrogen-bond acceptors (Lipinski definition) is 3. The highest BCUT2D eigenvalue weighted by Gasteiger charge is 2.07. The van der Waals surface area contributed by atoms with E-state index < -0.39 is 0 Å². The Hall–Kier alpha value is -1.36. The van der Waals surface area contributed by atoms with Crippen molar-refractivity contribution in [1.29, 1.82) is 0 Å². The second-order valence-corrected chi connectivity index (χ2v) is 4.15. The Morgan fingerprint density at radius 1 is 1.28 bits per heavy atom. The summed E-state index contributed by atoms with van der Waals surface area (Å²) in [5, 5.41) is 8.96. The molecule has 5 heteroatoms. The number of aliphatic hydroxyl groups excluding tert-OH is 1. The average molecular weight is 268 g/mol. The third-order valence-corrected chi connectivity index (χ3v) is 2.70. The zero-order valence-corrected chi connectivity index (χ0v) is 10.9. The zero-order chi connectivity index (χ0) is 12.1. The lowest BCUT2D eigenvalue weighted by molar-refractivity contribution is 0.264. The molecule has 0 saturated carbocycles. The van der Waals surface area contributed by atoms with Crippen LogP contribution in [-0.2, 0) is 13.0 Å². The molecule has 1 unspecified atom stereocenters. The van der Waals surface area contributed by atoms with E-state index in [1.165, 1.54) is 5.56 Å². The van der Waals surface area contributed by atoms with Crippen molar-refractivity contribution in [2.24, 2.45) is 5.73 Å². The lowest BCUT2D eigenvalue weighted by Crippen LogP contribution is -2.28. The predicted molar refractivity (Wildman–Crippen MR) is 73.8 cm³/mol. The highest BCUT2D eigenvalue weighted by molar-refractivity contribution is 5.85. The summed E-state index contributed by atoms with van der Waals surface area (Å²) in [4.78, 5) is 4.13. The first-order chi connectivity index (χ1) is 8.29. The van der Waals surface area contributed by atoms with Crippen LogP contribution in [0, 0.1) is 0 Å². The van der Waals surface area contributed by atoms with Gasteiger partial charge in [0.05, 0.1) is 12.9 Å². The molecule has 4 nitrogen and oxygen atoms in total. The molecular formula is C13H18ClN3O. The van der Waals surface area contributed by atoms with Crippen molar-refractivity contribution in [3.63, 3.8) is 0 Å². The number of aliphatic hydroxyl groups is 1. The van der Waals surface area contributed by atoms with Gasteiger partial charge < -0.3 is 15.4 Å². The van der Waals surface area contributed by atoms with E-state index >= 15 is 0 Å². The van der Waals surface area contributed by atoms with Crippen molar-refractivity contribution >= 4 is 12.4 Å². The predicted octanol–water partition coefficient (Wildman–Crippen LogP) is 1.22. The molecule has 18 heavy (non-hydrogen) atoms. The Balaban J connectivity index is 0.00000162. The summed E-state index contributed by atoms with van der Waals surface area (Å²) in [6.45, 7) is 0.783. The van der Waals surface area contributed by atoms with E-state index in [2.05, 4.69) is 21.7 Å². The fraction of sp³-hybridized carbons (Fsp3) is 0.308. The van der Waals surface area contributed by atoms with Gasteiger partial charge in [-0.2, -0.15) is 0 Å². The Labute approximate surface area is 113 Å². The summed E-state index contributed by atoms with van der Waals surface area (Å²) in [6.07, 6.45) is 4.24. The molecule has 0 aliphatic heterocycles. The van der Waals surface area contributed by atoms with Gasteiger partial charge >= 0.3 is 0 Å². The minimum Gasteiger partial charge on any atom is -0.395 e. The fourth-order valence-electron chi connectivity index (χ4n) is 1.77. The molecule has 2 rings (SSSR count). The molecule has 0 spiro atoms. The molecule has 0 amide bonds. The molecule has 1 atom stereocenters. The van der Waals surface area contributed by atoms with Crippen LogP contribution in [0.5, 0.6) is 0 Å². The first-order valence-electron chi connectivity index (χ1n) is 5.69. The van der Waals surface area contributed by atoms with E-state index in [1.54, 1.807) is 12.5 Å². The van der Waals surface area contributed by atoms with Crippen molar-refractivity contribution in [3.8, 4) is 0 Å². The molecule has 1 aromatic heterocycles. The van der Waals surface area contributed by atoms with Crippen LogP contribution in [0.4, 0.5) is 0 Å². The van der Waals surface area contributed by atoms with Crippen LogP contribution in [0.3, 0.4) is 0 Å². The average Bonchev–Trinajstić information content (AvgIpc) is 2.78. The van der Waals surface area contributed by atoms with Crippen molar-refractivity contribution in [2.75, 3.05) is 6.61 Å². The molecular weight excluding hydrogens is 250 g/mol. The third-order valence-electron chi connectivity index (χ3n) is 2.70. The van der Waals surface area contributed by atoms with Gasteiger partial charge in [0, 0.05) is 30.9 Å². The number of nitrogens with two attached hydrogens (primary N) is 1. The van der Waals surface area contributed by atoms with E-state index in [4.69, 9.17) is 10.8 Å². The van der Waals surface area contributed by atoms with Crippen molar-refractivity contribution in [1.82, 2.24) is 9.55 Å².